The highest BCUT2D eigenvalue weighted by molar-refractivity contribution is 5.73. The summed E-state index contributed by atoms with van der Waals surface area (Å²) in [6.07, 6.45) is 8.61. The van der Waals surface area contributed by atoms with Crippen molar-refractivity contribution in [1.82, 2.24) is 4.90 Å². The van der Waals surface area contributed by atoms with Crippen LogP contribution in [0.15, 0.2) is 0 Å². The molecule has 1 aliphatic carbocycles. The van der Waals surface area contributed by atoms with Gasteiger partial charge in [0.25, 0.3) is 0 Å². The van der Waals surface area contributed by atoms with Gasteiger partial charge in [-0.3, -0.25) is 9.69 Å². The molecule has 1 saturated carbocycles. The highest BCUT2D eigenvalue weighted by Gasteiger charge is 2.30. The van der Waals surface area contributed by atoms with Gasteiger partial charge >= 0.3 is 5.97 Å². The van der Waals surface area contributed by atoms with Gasteiger partial charge < -0.3 is 5.11 Å². The third kappa shape index (κ3) is 2.71. The van der Waals surface area contributed by atoms with E-state index in [2.05, 4.69) is 4.90 Å². The fourth-order valence-electron chi connectivity index (χ4n) is 3.02. The fourth-order valence-corrected chi connectivity index (χ4v) is 3.02. The van der Waals surface area contributed by atoms with Crippen LogP contribution in [0.25, 0.3) is 0 Å². The number of carbonyl (C=O) groups is 1. The van der Waals surface area contributed by atoms with Crippen LogP contribution in [0.1, 0.15) is 44.9 Å². The zero-order chi connectivity index (χ0) is 10.7. The van der Waals surface area contributed by atoms with E-state index in [1.165, 1.54) is 32.1 Å². The fraction of sp³-hybridized carbons (Fsp3) is 0.917. The minimum Gasteiger partial charge on any atom is -0.480 e. The van der Waals surface area contributed by atoms with E-state index in [-0.39, 0.29) is 6.04 Å². The van der Waals surface area contributed by atoms with Gasteiger partial charge in [0.15, 0.2) is 0 Å². The largest absolute Gasteiger partial charge is 0.480 e. The van der Waals surface area contributed by atoms with E-state index in [0.717, 1.165) is 31.8 Å². The molecular weight excluding hydrogens is 190 g/mol. The zero-order valence-corrected chi connectivity index (χ0v) is 9.32. The molecule has 1 aliphatic heterocycles. The molecule has 0 amide bonds. The molecule has 2 rings (SSSR count). The van der Waals surface area contributed by atoms with Gasteiger partial charge in [0.1, 0.15) is 6.04 Å². The summed E-state index contributed by atoms with van der Waals surface area (Å²) in [5.41, 5.74) is 0. The molecule has 0 spiro atoms. The van der Waals surface area contributed by atoms with Gasteiger partial charge in [-0.25, -0.2) is 0 Å². The average Bonchev–Trinajstić information content (AvgIpc) is 2.86. The van der Waals surface area contributed by atoms with Gasteiger partial charge in [0.05, 0.1) is 0 Å². The lowest BCUT2D eigenvalue weighted by atomic mass is 10.0. The standard InChI is InChI=1S/C12H21NO2/c14-12(15)11-6-3-8-13(11)9-7-10-4-1-2-5-10/h10-11H,1-9H2,(H,14,15)/t11-/m0/s1. The quantitative estimate of drug-likeness (QED) is 0.774. The summed E-state index contributed by atoms with van der Waals surface area (Å²) >= 11 is 0. The Bertz CT molecular complexity index is 224. The normalized spacial score (nSPS) is 28.7. The monoisotopic (exact) mass is 211 g/mol. The van der Waals surface area contributed by atoms with Crippen LogP contribution in [-0.4, -0.2) is 35.1 Å². The Kier molecular flexibility index (Phi) is 3.62. The number of hydrogen-bond donors (Lipinski definition) is 1. The minimum absolute atomic E-state index is 0.189. The van der Waals surface area contributed by atoms with Gasteiger partial charge in [0, 0.05) is 0 Å². The van der Waals surface area contributed by atoms with Crippen LogP contribution in [0.2, 0.25) is 0 Å². The molecule has 1 atom stereocenters. The van der Waals surface area contributed by atoms with Gasteiger partial charge in [-0.2, -0.15) is 0 Å². The second-order valence-electron chi connectivity index (χ2n) is 4.97. The van der Waals surface area contributed by atoms with Crippen LogP contribution in [0.4, 0.5) is 0 Å². The maximum absolute atomic E-state index is 11.0. The molecule has 2 aliphatic rings. The molecule has 3 nitrogen and oxygen atoms in total. The molecule has 0 unspecified atom stereocenters. The van der Waals surface area contributed by atoms with Crippen molar-refractivity contribution >= 4 is 5.97 Å². The molecule has 0 bridgehead atoms. The van der Waals surface area contributed by atoms with Crippen LogP contribution in [-0.2, 0) is 4.79 Å². The molecule has 0 aromatic heterocycles. The number of rotatable bonds is 4. The van der Waals surface area contributed by atoms with Gasteiger partial charge in [0.2, 0.25) is 0 Å². The number of carboxylic acids is 1. The molecule has 0 aromatic carbocycles. The van der Waals surface area contributed by atoms with E-state index in [9.17, 15) is 4.79 Å². The molecular formula is C12H21NO2. The van der Waals surface area contributed by atoms with Crippen LogP contribution < -0.4 is 0 Å². The maximum Gasteiger partial charge on any atom is 0.320 e. The Morgan fingerprint density at radius 3 is 2.60 bits per heavy atom. The Morgan fingerprint density at radius 1 is 1.20 bits per heavy atom. The second-order valence-corrected chi connectivity index (χ2v) is 4.97. The first-order chi connectivity index (χ1) is 7.27. The number of likely N-dealkylation sites (tertiary alicyclic amines) is 1. The predicted octanol–water partition coefficient (Wildman–Crippen LogP) is 2.12. The van der Waals surface area contributed by atoms with Gasteiger partial charge in [-0.1, -0.05) is 25.7 Å². The lowest BCUT2D eigenvalue weighted by Gasteiger charge is -2.22. The summed E-state index contributed by atoms with van der Waals surface area (Å²) in [4.78, 5) is 13.1. The third-order valence-electron chi connectivity index (χ3n) is 3.95. The summed E-state index contributed by atoms with van der Waals surface area (Å²) in [6.45, 7) is 1.99. The third-order valence-corrected chi connectivity index (χ3v) is 3.95. The van der Waals surface area contributed by atoms with E-state index >= 15 is 0 Å². The van der Waals surface area contributed by atoms with Crippen molar-refractivity contribution in [3.05, 3.63) is 0 Å². The van der Waals surface area contributed by atoms with Crippen molar-refractivity contribution in [2.45, 2.75) is 51.0 Å². The Labute approximate surface area is 91.5 Å². The second kappa shape index (κ2) is 4.97. The molecule has 15 heavy (non-hydrogen) atoms. The highest BCUT2D eigenvalue weighted by Crippen LogP contribution is 2.28. The molecule has 0 radical (unpaired) electrons. The first kappa shape index (κ1) is 10.9. The Hall–Kier alpha value is -0.570. The van der Waals surface area contributed by atoms with Crippen molar-refractivity contribution < 1.29 is 9.90 Å². The first-order valence-corrected chi connectivity index (χ1v) is 6.24. The summed E-state index contributed by atoms with van der Waals surface area (Å²) in [5, 5.41) is 9.03. The van der Waals surface area contributed by atoms with Crippen molar-refractivity contribution in [2.24, 2.45) is 5.92 Å². The van der Waals surface area contributed by atoms with Crippen molar-refractivity contribution in [3.63, 3.8) is 0 Å². The van der Waals surface area contributed by atoms with Gasteiger partial charge in [-0.05, 0) is 38.3 Å². The summed E-state index contributed by atoms with van der Waals surface area (Å²) in [6, 6.07) is -0.189. The van der Waals surface area contributed by atoms with E-state index in [1.54, 1.807) is 0 Å². The lowest BCUT2D eigenvalue weighted by molar-refractivity contribution is -0.142. The van der Waals surface area contributed by atoms with Crippen LogP contribution in [0.5, 0.6) is 0 Å². The smallest absolute Gasteiger partial charge is 0.320 e. The van der Waals surface area contributed by atoms with Crippen LogP contribution in [0, 0.1) is 5.92 Å². The lowest BCUT2D eigenvalue weighted by Crippen LogP contribution is -2.37. The Morgan fingerprint density at radius 2 is 1.93 bits per heavy atom. The zero-order valence-electron chi connectivity index (χ0n) is 9.32. The van der Waals surface area contributed by atoms with Gasteiger partial charge in [-0.15, -0.1) is 0 Å². The highest BCUT2D eigenvalue weighted by atomic mass is 16.4. The summed E-state index contributed by atoms with van der Waals surface area (Å²) in [7, 11) is 0. The summed E-state index contributed by atoms with van der Waals surface area (Å²) < 4.78 is 0. The predicted molar refractivity (Wildman–Crippen MR) is 58.8 cm³/mol. The topological polar surface area (TPSA) is 40.5 Å². The molecule has 1 heterocycles. The maximum atomic E-state index is 11.0. The number of aliphatic carboxylic acids is 1. The van der Waals surface area contributed by atoms with E-state index in [4.69, 9.17) is 5.11 Å². The van der Waals surface area contributed by atoms with Crippen molar-refractivity contribution in [2.75, 3.05) is 13.1 Å². The Balaban J connectivity index is 1.75. The van der Waals surface area contributed by atoms with Crippen LogP contribution in [0.3, 0.4) is 0 Å². The summed E-state index contributed by atoms with van der Waals surface area (Å²) in [5.74, 6) is 0.249. The van der Waals surface area contributed by atoms with Crippen molar-refractivity contribution in [1.29, 1.82) is 0 Å². The van der Waals surface area contributed by atoms with Crippen molar-refractivity contribution in [3.8, 4) is 0 Å². The molecule has 86 valence electrons. The molecule has 1 saturated heterocycles. The molecule has 1 N–H and O–H groups in total. The van der Waals surface area contributed by atoms with E-state index in [0.29, 0.717) is 0 Å². The first-order valence-electron chi connectivity index (χ1n) is 6.24. The number of hydrogen-bond acceptors (Lipinski definition) is 2. The molecule has 2 fully saturated rings. The van der Waals surface area contributed by atoms with E-state index < -0.39 is 5.97 Å². The minimum atomic E-state index is -0.626. The molecule has 3 heteroatoms. The number of carboxylic acid groups (broad SMARTS) is 1. The number of nitrogens with zero attached hydrogens (tertiary/aromatic N) is 1. The van der Waals surface area contributed by atoms with E-state index in [1.807, 2.05) is 0 Å². The SMILES string of the molecule is O=C(O)[C@@H]1CCCN1CCC1CCCC1. The average molecular weight is 211 g/mol. The molecule has 0 aromatic rings. The van der Waals surface area contributed by atoms with Crippen LogP contribution >= 0.6 is 0 Å².